The van der Waals surface area contributed by atoms with Gasteiger partial charge in [0.25, 0.3) is 0 Å². The van der Waals surface area contributed by atoms with Crippen LogP contribution in [0.4, 0.5) is 0 Å². The van der Waals surface area contributed by atoms with Crippen LogP contribution in [-0.4, -0.2) is 16.9 Å². The van der Waals surface area contributed by atoms with Gasteiger partial charge in [-0.25, -0.2) is 0 Å². The van der Waals surface area contributed by atoms with Crippen LogP contribution in [0.2, 0.25) is 0 Å². The molecule has 1 heterocycles. The van der Waals surface area contributed by atoms with Crippen molar-refractivity contribution in [3.05, 3.63) is 60.3 Å². The maximum Gasteiger partial charge on any atom is 0.165 e. The summed E-state index contributed by atoms with van der Waals surface area (Å²) in [7, 11) is 1.50. The lowest BCUT2D eigenvalue weighted by molar-refractivity contribution is -0.178. The Morgan fingerprint density at radius 2 is 1.85 bits per heavy atom. The lowest BCUT2D eigenvalue weighted by atomic mass is 10.1. The van der Waals surface area contributed by atoms with Crippen LogP contribution in [0, 0.1) is 0 Å². The molecule has 20 heavy (non-hydrogen) atoms. The normalized spacial score (nSPS) is 10.8. The molecule has 0 saturated heterocycles. The highest BCUT2D eigenvalue weighted by Gasteiger charge is 2.02. The monoisotopic (exact) mass is 268 g/mol. The van der Waals surface area contributed by atoms with Crippen LogP contribution in [0.15, 0.2) is 54.7 Å². The number of para-hydroxylation sites is 1. The summed E-state index contributed by atoms with van der Waals surface area (Å²) in [4.78, 5) is 9.57. The van der Waals surface area contributed by atoms with E-state index in [0.717, 1.165) is 13.0 Å². The van der Waals surface area contributed by atoms with Crippen molar-refractivity contribution in [3.8, 4) is 5.75 Å². The van der Waals surface area contributed by atoms with Crippen LogP contribution in [0.3, 0.4) is 0 Å². The molecule has 4 nitrogen and oxygen atoms in total. The van der Waals surface area contributed by atoms with Crippen LogP contribution in [0.1, 0.15) is 5.56 Å². The molecule has 0 aliphatic rings. The third-order valence-corrected chi connectivity index (χ3v) is 3.27. The van der Waals surface area contributed by atoms with Gasteiger partial charge in [-0.3, -0.25) is 4.68 Å². The van der Waals surface area contributed by atoms with Gasteiger partial charge in [0.05, 0.1) is 18.8 Å². The zero-order chi connectivity index (χ0) is 13.8. The summed E-state index contributed by atoms with van der Waals surface area (Å²) in [6, 6.07) is 16.1. The molecule has 102 valence electrons. The Morgan fingerprint density at radius 3 is 2.65 bits per heavy atom. The molecule has 0 radical (unpaired) electrons. The second kappa shape index (κ2) is 5.75. The Balaban J connectivity index is 1.69. The van der Waals surface area contributed by atoms with Crippen molar-refractivity contribution < 1.29 is 9.78 Å². The Kier molecular flexibility index (Phi) is 3.65. The van der Waals surface area contributed by atoms with Crippen LogP contribution in [-0.2, 0) is 17.9 Å². The van der Waals surface area contributed by atoms with E-state index in [4.69, 9.17) is 4.89 Å². The van der Waals surface area contributed by atoms with E-state index in [1.807, 2.05) is 47.3 Å². The number of rotatable bonds is 5. The first-order chi connectivity index (χ1) is 9.86. The summed E-state index contributed by atoms with van der Waals surface area (Å²) in [6.45, 7) is 0.859. The quantitative estimate of drug-likeness (QED) is 0.526. The highest BCUT2D eigenvalue weighted by molar-refractivity contribution is 5.78. The fourth-order valence-electron chi connectivity index (χ4n) is 2.25. The van der Waals surface area contributed by atoms with Gasteiger partial charge < -0.3 is 4.89 Å². The number of aromatic nitrogens is 2. The highest BCUT2D eigenvalue weighted by atomic mass is 17.2. The van der Waals surface area contributed by atoms with Gasteiger partial charge >= 0.3 is 0 Å². The number of nitrogens with zero attached hydrogens (tertiary/aromatic N) is 2. The lowest BCUT2D eigenvalue weighted by Crippen LogP contribution is -2.02. The van der Waals surface area contributed by atoms with Crippen molar-refractivity contribution in [2.45, 2.75) is 13.0 Å². The molecule has 0 spiro atoms. The zero-order valence-corrected chi connectivity index (χ0v) is 11.3. The summed E-state index contributed by atoms with van der Waals surface area (Å²) >= 11 is 0. The average molecular weight is 268 g/mol. The maximum atomic E-state index is 4.95. The van der Waals surface area contributed by atoms with Crippen LogP contribution < -0.4 is 4.89 Å². The lowest BCUT2D eigenvalue weighted by Gasteiger charge is -2.05. The summed E-state index contributed by atoms with van der Waals surface area (Å²) in [6.07, 6.45) is 2.84. The molecule has 3 aromatic rings. The van der Waals surface area contributed by atoms with Crippen molar-refractivity contribution in [2.24, 2.45) is 0 Å². The summed E-state index contributed by atoms with van der Waals surface area (Å²) < 4.78 is 2.04. The first-order valence-corrected chi connectivity index (χ1v) is 6.57. The molecule has 3 rings (SSSR count). The molecule has 0 aliphatic heterocycles. The smallest absolute Gasteiger partial charge is 0.165 e. The second-order valence-corrected chi connectivity index (χ2v) is 4.57. The molecular formula is C16H16N2O2. The fraction of sp³-hybridized carbons (Fsp3) is 0.188. The minimum Gasteiger partial charge on any atom is -0.338 e. The van der Waals surface area contributed by atoms with Crippen molar-refractivity contribution in [1.82, 2.24) is 9.78 Å². The molecule has 0 bridgehead atoms. The van der Waals surface area contributed by atoms with Gasteiger partial charge in [0.1, 0.15) is 0 Å². The number of hydrogen-bond donors (Lipinski definition) is 0. The molecule has 0 unspecified atom stereocenters. The van der Waals surface area contributed by atoms with E-state index in [1.165, 1.54) is 23.6 Å². The number of fused-ring (bicyclic) bond motifs is 1. The molecule has 0 aliphatic carbocycles. The minimum atomic E-state index is 0.709. The standard InChI is InChI=1S/C16H16N2O2/c1-19-20-15-8-6-13(7-9-15)10-11-18-16-5-3-2-4-14(16)12-17-18/h2-9,12H,10-11H2,1H3. The van der Waals surface area contributed by atoms with Crippen LogP contribution in [0.5, 0.6) is 5.75 Å². The van der Waals surface area contributed by atoms with Gasteiger partial charge in [-0.05, 0) is 30.2 Å². The van der Waals surface area contributed by atoms with E-state index in [2.05, 4.69) is 22.1 Å². The zero-order valence-electron chi connectivity index (χ0n) is 11.3. The highest BCUT2D eigenvalue weighted by Crippen LogP contribution is 2.15. The van der Waals surface area contributed by atoms with E-state index in [0.29, 0.717) is 5.75 Å². The molecular weight excluding hydrogens is 252 g/mol. The van der Waals surface area contributed by atoms with Crippen LogP contribution in [0.25, 0.3) is 10.9 Å². The van der Waals surface area contributed by atoms with E-state index >= 15 is 0 Å². The van der Waals surface area contributed by atoms with Gasteiger partial charge in [0.15, 0.2) is 5.75 Å². The topological polar surface area (TPSA) is 36.3 Å². The van der Waals surface area contributed by atoms with E-state index in [9.17, 15) is 0 Å². The first kappa shape index (κ1) is 12.7. The number of aryl methyl sites for hydroxylation is 2. The van der Waals surface area contributed by atoms with Gasteiger partial charge in [-0.2, -0.15) is 9.99 Å². The summed E-state index contributed by atoms with van der Waals surface area (Å²) in [5.74, 6) is 0.709. The Labute approximate surface area is 117 Å². The van der Waals surface area contributed by atoms with Gasteiger partial charge in [-0.15, -0.1) is 0 Å². The predicted molar refractivity (Wildman–Crippen MR) is 77.5 cm³/mol. The van der Waals surface area contributed by atoms with Crippen molar-refractivity contribution in [3.63, 3.8) is 0 Å². The third kappa shape index (κ3) is 2.65. The van der Waals surface area contributed by atoms with Crippen molar-refractivity contribution >= 4 is 10.9 Å². The minimum absolute atomic E-state index is 0.709. The maximum absolute atomic E-state index is 4.95. The predicted octanol–water partition coefficient (Wildman–Crippen LogP) is 3.22. The molecule has 0 amide bonds. The molecule has 0 N–H and O–H groups in total. The molecule has 4 heteroatoms. The van der Waals surface area contributed by atoms with Crippen molar-refractivity contribution in [1.29, 1.82) is 0 Å². The van der Waals surface area contributed by atoms with Gasteiger partial charge in [0, 0.05) is 11.9 Å². The number of hydrogen-bond acceptors (Lipinski definition) is 3. The third-order valence-electron chi connectivity index (χ3n) is 3.27. The Hall–Kier alpha value is -2.33. The molecule has 0 fully saturated rings. The van der Waals surface area contributed by atoms with Crippen molar-refractivity contribution in [2.75, 3.05) is 7.11 Å². The second-order valence-electron chi connectivity index (χ2n) is 4.57. The summed E-state index contributed by atoms with van der Waals surface area (Å²) in [5.41, 5.74) is 2.42. The molecule has 0 saturated carbocycles. The average Bonchev–Trinajstić information content (AvgIpc) is 2.90. The first-order valence-electron chi connectivity index (χ1n) is 6.57. The Bertz CT molecular complexity index is 689. The summed E-state index contributed by atoms with van der Waals surface area (Å²) in [5, 5.41) is 5.61. The van der Waals surface area contributed by atoms with E-state index in [1.54, 1.807) is 0 Å². The fourth-order valence-corrected chi connectivity index (χ4v) is 2.25. The van der Waals surface area contributed by atoms with Gasteiger partial charge in [0.2, 0.25) is 0 Å². The molecule has 0 atom stereocenters. The molecule has 2 aromatic carbocycles. The SMILES string of the molecule is COOc1ccc(CCn2ncc3ccccc32)cc1. The van der Waals surface area contributed by atoms with Gasteiger partial charge in [-0.1, -0.05) is 30.3 Å². The van der Waals surface area contributed by atoms with E-state index in [-0.39, 0.29) is 0 Å². The largest absolute Gasteiger partial charge is 0.338 e. The van der Waals surface area contributed by atoms with Crippen LogP contribution >= 0.6 is 0 Å². The Morgan fingerprint density at radius 1 is 1.05 bits per heavy atom. The molecule has 1 aromatic heterocycles. The number of benzene rings is 2. The van der Waals surface area contributed by atoms with E-state index < -0.39 is 0 Å².